The van der Waals surface area contributed by atoms with Gasteiger partial charge in [0.25, 0.3) is 0 Å². The van der Waals surface area contributed by atoms with E-state index < -0.39 is 12.0 Å². The van der Waals surface area contributed by atoms with Crippen molar-refractivity contribution >= 4 is 40.3 Å². The van der Waals surface area contributed by atoms with E-state index in [1.807, 2.05) is 22.6 Å². The van der Waals surface area contributed by atoms with Gasteiger partial charge >= 0.3 is 12.0 Å². The molecule has 1 atom stereocenters. The van der Waals surface area contributed by atoms with Crippen molar-refractivity contribution in [1.29, 1.82) is 0 Å². The predicted octanol–water partition coefficient (Wildman–Crippen LogP) is 3.79. The largest absolute Gasteiger partial charge is 0.478 e. The molecule has 1 aromatic carbocycles. The summed E-state index contributed by atoms with van der Waals surface area (Å²) in [5.41, 5.74) is 0.479. The number of rotatable bonds is 4. The van der Waals surface area contributed by atoms with Crippen molar-refractivity contribution in [2.24, 2.45) is 11.3 Å². The maximum atomic E-state index is 11.9. The lowest BCUT2D eigenvalue weighted by Crippen LogP contribution is -2.36. The second-order valence-corrected chi connectivity index (χ2v) is 7.34. The van der Waals surface area contributed by atoms with E-state index in [0.29, 0.717) is 18.2 Å². The molecule has 0 heterocycles. The molecule has 3 N–H and O–H groups in total. The minimum Gasteiger partial charge on any atom is -0.478 e. The summed E-state index contributed by atoms with van der Waals surface area (Å²) in [6.45, 7) is 8.92. The van der Waals surface area contributed by atoms with Crippen molar-refractivity contribution in [2.45, 2.75) is 27.7 Å². The van der Waals surface area contributed by atoms with E-state index in [4.69, 9.17) is 5.11 Å². The predicted molar refractivity (Wildman–Crippen MR) is 91.8 cm³/mol. The fourth-order valence-corrected chi connectivity index (χ4v) is 2.01. The number of carboxylic acids is 1. The Hall–Kier alpha value is -1.31. The molecule has 0 radical (unpaired) electrons. The molecule has 0 saturated carbocycles. The third kappa shape index (κ3) is 5.53. The lowest BCUT2D eigenvalue weighted by molar-refractivity contribution is 0.0698. The summed E-state index contributed by atoms with van der Waals surface area (Å²) in [6, 6.07) is 4.48. The van der Waals surface area contributed by atoms with Crippen LogP contribution in [0.1, 0.15) is 38.1 Å². The third-order valence-corrected chi connectivity index (χ3v) is 4.18. The first kappa shape index (κ1) is 17.7. The number of anilines is 1. The van der Waals surface area contributed by atoms with Crippen LogP contribution in [0.2, 0.25) is 0 Å². The van der Waals surface area contributed by atoms with Crippen molar-refractivity contribution in [3.63, 3.8) is 0 Å². The van der Waals surface area contributed by atoms with Gasteiger partial charge in [0.1, 0.15) is 0 Å². The summed E-state index contributed by atoms with van der Waals surface area (Å²) in [6.07, 6.45) is 0. The quantitative estimate of drug-likeness (QED) is 0.669. The van der Waals surface area contributed by atoms with Crippen LogP contribution in [0.5, 0.6) is 0 Å². The first-order valence-electron chi connectivity index (χ1n) is 6.69. The van der Waals surface area contributed by atoms with Crippen LogP contribution in [-0.2, 0) is 0 Å². The normalized spacial score (nSPS) is 12.6. The van der Waals surface area contributed by atoms with Crippen LogP contribution in [-0.4, -0.2) is 23.7 Å². The minimum absolute atomic E-state index is 0.0842. The summed E-state index contributed by atoms with van der Waals surface area (Å²) >= 11 is 2.03. The number of amides is 2. The van der Waals surface area contributed by atoms with Gasteiger partial charge in [-0.05, 0) is 52.1 Å². The minimum atomic E-state index is -1.06. The SMILES string of the molecule is CC(CNC(=O)Nc1ccc(I)cc1C(=O)O)C(C)(C)C. The first-order chi connectivity index (χ1) is 9.61. The van der Waals surface area contributed by atoms with Crippen LogP contribution < -0.4 is 10.6 Å². The average Bonchev–Trinajstić information content (AvgIpc) is 2.36. The highest BCUT2D eigenvalue weighted by Crippen LogP contribution is 2.24. The molecule has 1 aromatic rings. The van der Waals surface area contributed by atoms with Gasteiger partial charge in [0.15, 0.2) is 0 Å². The van der Waals surface area contributed by atoms with Crippen molar-refractivity contribution in [2.75, 3.05) is 11.9 Å². The molecule has 0 aliphatic rings. The highest BCUT2D eigenvalue weighted by molar-refractivity contribution is 14.1. The number of aromatic carboxylic acids is 1. The summed E-state index contributed by atoms with van der Waals surface area (Å²) in [5.74, 6) is -0.759. The molecule has 0 aliphatic heterocycles. The molecule has 0 bridgehead atoms. The zero-order valence-electron chi connectivity index (χ0n) is 12.7. The molecule has 0 aliphatic carbocycles. The Bertz CT molecular complexity index is 538. The monoisotopic (exact) mass is 404 g/mol. The Balaban J connectivity index is 2.70. The maximum absolute atomic E-state index is 11.9. The highest BCUT2D eigenvalue weighted by atomic mass is 127. The molecule has 2 amide bonds. The van der Waals surface area contributed by atoms with E-state index in [2.05, 4.69) is 38.3 Å². The van der Waals surface area contributed by atoms with E-state index in [0.717, 1.165) is 3.57 Å². The van der Waals surface area contributed by atoms with Gasteiger partial charge < -0.3 is 15.7 Å². The van der Waals surface area contributed by atoms with E-state index in [1.165, 1.54) is 6.07 Å². The van der Waals surface area contributed by atoms with Gasteiger partial charge in [0, 0.05) is 10.1 Å². The van der Waals surface area contributed by atoms with Gasteiger partial charge in [-0.2, -0.15) is 0 Å². The Labute approximate surface area is 138 Å². The number of carbonyl (C=O) groups is 2. The van der Waals surface area contributed by atoms with Gasteiger partial charge in [0.05, 0.1) is 11.3 Å². The second-order valence-electron chi connectivity index (χ2n) is 6.10. The van der Waals surface area contributed by atoms with Crippen molar-refractivity contribution in [1.82, 2.24) is 5.32 Å². The number of carbonyl (C=O) groups excluding carboxylic acids is 1. The maximum Gasteiger partial charge on any atom is 0.337 e. The van der Waals surface area contributed by atoms with Gasteiger partial charge in [-0.15, -0.1) is 0 Å². The number of carboxylic acid groups (broad SMARTS) is 1. The zero-order chi connectivity index (χ0) is 16.2. The summed E-state index contributed by atoms with van der Waals surface area (Å²) in [7, 11) is 0. The Morgan fingerprint density at radius 3 is 2.48 bits per heavy atom. The van der Waals surface area contributed by atoms with Crippen LogP contribution in [0.15, 0.2) is 18.2 Å². The van der Waals surface area contributed by atoms with Gasteiger partial charge in [-0.1, -0.05) is 27.7 Å². The number of hydrogen-bond donors (Lipinski definition) is 3. The number of urea groups is 1. The molecule has 0 aromatic heterocycles. The number of benzene rings is 1. The number of nitrogens with one attached hydrogen (secondary N) is 2. The first-order valence-corrected chi connectivity index (χ1v) is 7.77. The second kappa shape index (κ2) is 7.11. The Kier molecular flexibility index (Phi) is 6.00. The zero-order valence-corrected chi connectivity index (χ0v) is 14.8. The topological polar surface area (TPSA) is 78.4 Å². The Morgan fingerprint density at radius 1 is 1.33 bits per heavy atom. The van der Waals surface area contributed by atoms with Gasteiger partial charge in [0.2, 0.25) is 0 Å². The lowest BCUT2D eigenvalue weighted by Gasteiger charge is -2.27. The molecule has 0 spiro atoms. The van der Waals surface area contributed by atoms with E-state index in [-0.39, 0.29) is 11.0 Å². The van der Waals surface area contributed by atoms with Gasteiger partial charge in [-0.25, -0.2) is 9.59 Å². The average molecular weight is 404 g/mol. The number of hydrogen-bond acceptors (Lipinski definition) is 2. The fraction of sp³-hybridized carbons (Fsp3) is 0.467. The summed E-state index contributed by atoms with van der Waals surface area (Å²) in [4.78, 5) is 23.1. The molecule has 1 unspecified atom stereocenters. The van der Waals surface area contributed by atoms with Crippen molar-refractivity contribution in [3.05, 3.63) is 27.3 Å². The third-order valence-electron chi connectivity index (χ3n) is 3.51. The summed E-state index contributed by atoms with van der Waals surface area (Å²) in [5, 5.41) is 14.5. The molecule has 116 valence electrons. The molecule has 5 nitrogen and oxygen atoms in total. The van der Waals surface area contributed by atoms with Gasteiger partial charge in [-0.3, -0.25) is 0 Å². The molecule has 21 heavy (non-hydrogen) atoms. The van der Waals surface area contributed by atoms with E-state index in [9.17, 15) is 9.59 Å². The standard InChI is InChI=1S/C15H21IN2O3/c1-9(15(2,3)4)8-17-14(21)18-12-6-5-10(16)7-11(12)13(19)20/h5-7,9H,8H2,1-4H3,(H,19,20)(H2,17,18,21). The van der Waals surface area contributed by atoms with E-state index >= 15 is 0 Å². The molecule has 1 rings (SSSR count). The van der Waals surface area contributed by atoms with Crippen LogP contribution in [0.4, 0.5) is 10.5 Å². The van der Waals surface area contributed by atoms with Crippen LogP contribution in [0.25, 0.3) is 0 Å². The van der Waals surface area contributed by atoms with Crippen LogP contribution in [0, 0.1) is 14.9 Å². The molecular formula is C15H21IN2O3. The van der Waals surface area contributed by atoms with Crippen molar-refractivity contribution in [3.8, 4) is 0 Å². The molecule has 0 saturated heterocycles. The van der Waals surface area contributed by atoms with E-state index in [1.54, 1.807) is 12.1 Å². The molecular weight excluding hydrogens is 383 g/mol. The van der Waals surface area contributed by atoms with Crippen molar-refractivity contribution < 1.29 is 14.7 Å². The summed E-state index contributed by atoms with van der Waals surface area (Å²) < 4.78 is 0.803. The Morgan fingerprint density at radius 2 is 1.95 bits per heavy atom. The fourth-order valence-electron chi connectivity index (χ4n) is 1.52. The smallest absolute Gasteiger partial charge is 0.337 e. The van der Waals surface area contributed by atoms with Crippen LogP contribution in [0.3, 0.4) is 0 Å². The highest BCUT2D eigenvalue weighted by Gasteiger charge is 2.20. The molecule has 0 fully saturated rings. The lowest BCUT2D eigenvalue weighted by atomic mass is 9.82. The number of halogens is 1. The molecule has 6 heteroatoms. The van der Waals surface area contributed by atoms with Crippen LogP contribution >= 0.6 is 22.6 Å².